The van der Waals surface area contributed by atoms with E-state index < -0.39 is 0 Å². The van der Waals surface area contributed by atoms with Gasteiger partial charge in [0, 0.05) is 29.4 Å². The minimum absolute atomic E-state index is 1.09. The van der Waals surface area contributed by atoms with Crippen molar-refractivity contribution >= 4 is 21.7 Å². The Morgan fingerprint density at radius 2 is 1.30 bits per heavy atom. The Hall–Kier alpha value is -2.74. The molecular formula is C18H14N2. The summed E-state index contributed by atoms with van der Waals surface area (Å²) in [5.74, 6) is 0. The molecule has 0 saturated heterocycles. The fraction of sp³-hybridized carbons (Fsp3) is 0. The lowest BCUT2D eigenvalue weighted by Gasteiger charge is -2.01. The van der Waals surface area contributed by atoms with Crippen LogP contribution in [0.25, 0.3) is 21.7 Å². The van der Waals surface area contributed by atoms with Crippen molar-refractivity contribution in [3.05, 3.63) is 85.3 Å². The molecule has 0 fully saturated rings. The van der Waals surface area contributed by atoms with E-state index in [9.17, 15) is 0 Å². The average Bonchev–Trinajstić information content (AvgIpc) is 2.57. The van der Waals surface area contributed by atoms with E-state index in [4.69, 9.17) is 0 Å². The van der Waals surface area contributed by atoms with E-state index in [0.717, 1.165) is 5.52 Å². The lowest BCUT2D eigenvalue weighted by molar-refractivity contribution is 1.33. The summed E-state index contributed by atoms with van der Waals surface area (Å²) < 4.78 is 0. The molecule has 2 nitrogen and oxygen atoms in total. The van der Waals surface area contributed by atoms with E-state index in [1.165, 1.54) is 16.2 Å². The number of benzene rings is 2. The highest BCUT2D eigenvalue weighted by molar-refractivity contribution is 6.04. The standard InChI is InChI=1S/C13H9N.C5H5N/c1-2-6-12-10(4-1)7-8-11-5-3-9-14-13(11)12;1-2-4-6-5-3-1/h1-9H;1-5H. The molecule has 0 saturated carbocycles. The smallest absolute Gasteiger partial charge is 0.0780 e. The molecule has 4 aromatic rings. The van der Waals surface area contributed by atoms with Crippen molar-refractivity contribution < 1.29 is 0 Å². The maximum absolute atomic E-state index is 4.41. The summed E-state index contributed by atoms with van der Waals surface area (Å²) in [6, 6.07) is 22.4. The van der Waals surface area contributed by atoms with Gasteiger partial charge in [0.1, 0.15) is 0 Å². The van der Waals surface area contributed by atoms with Crippen molar-refractivity contribution in [3.63, 3.8) is 0 Å². The third-order valence-electron chi connectivity index (χ3n) is 3.06. The predicted octanol–water partition coefficient (Wildman–Crippen LogP) is 4.47. The summed E-state index contributed by atoms with van der Waals surface area (Å²) in [4.78, 5) is 8.19. The number of hydrogen-bond donors (Lipinski definition) is 0. The summed E-state index contributed by atoms with van der Waals surface area (Å²) in [5, 5.41) is 3.68. The van der Waals surface area contributed by atoms with Gasteiger partial charge in [-0.05, 0) is 23.6 Å². The zero-order valence-corrected chi connectivity index (χ0v) is 11.0. The molecule has 0 bridgehead atoms. The van der Waals surface area contributed by atoms with Crippen LogP contribution in [0.1, 0.15) is 0 Å². The summed E-state index contributed by atoms with van der Waals surface area (Å²) in [7, 11) is 0. The lowest BCUT2D eigenvalue weighted by atomic mass is 10.1. The maximum Gasteiger partial charge on any atom is 0.0780 e. The van der Waals surface area contributed by atoms with Crippen LogP contribution in [-0.2, 0) is 0 Å². The second kappa shape index (κ2) is 5.93. The second-order valence-corrected chi connectivity index (χ2v) is 4.39. The first kappa shape index (κ1) is 12.3. The molecule has 0 unspecified atom stereocenters. The topological polar surface area (TPSA) is 25.8 Å². The Morgan fingerprint density at radius 1 is 0.550 bits per heavy atom. The van der Waals surface area contributed by atoms with E-state index in [0.29, 0.717) is 0 Å². The van der Waals surface area contributed by atoms with Gasteiger partial charge in [0.25, 0.3) is 0 Å². The van der Waals surface area contributed by atoms with Crippen LogP contribution >= 0.6 is 0 Å². The molecule has 0 aliphatic heterocycles. The number of nitrogens with zero attached hydrogens (tertiary/aromatic N) is 2. The molecule has 20 heavy (non-hydrogen) atoms. The van der Waals surface area contributed by atoms with Crippen molar-refractivity contribution in [2.75, 3.05) is 0 Å². The Balaban J connectivity index is 0.000000170. The average molecular weight is 258 g/mol. The Kier molecular flexibility index (Phi) is 3.65. The molecule has 0 amide bonds. The molecule has 2 heterocycles. The minimum Gasteiger partial charge on any atom is -0.265 e. The summed E-state index contributed by atoms with van der Waals surface area (Å²) in [6.07, 6.45) is 5.34. The van der Waals surface area contributed by atoms with Crippen molar-refractivity contribution in [2.24, 2.45) is 0 Å². The molecule has 0 aliphatic rings. The van der Waals surface area contributed by atoms with E-state index in [1.807, 2.05) is 30.5 Å². The van der Waals surface area contributed by atoms with Crippen LogP contribution in [0.2, 0.25) is 0 Å². The van der Waals surface area contributed by atoms with E-state index >= 15 is 0 Å². The van der Waals surface area contributed by atoms with Gasteiger partial charge in [-0.25, -0.2) is 0 Å². The highest BCUT2D eigenvalue weighted by Crippen LogP contribution is 2.22. The molecule has 0 N–H and O–H groups in total. The van der Waals surface area contributed by atoms with Gasteiger partial charge in [0.05, 0.1) is 5.52 Å². The summed E-state index contributed by atoms with van der Waals surface area (Å²) in [6.45, 7) is 0. The third-order valence-corrected chi connectivity index (χ3v) is 3.06. The number of pyridine rings is 2. The largest absolute Gasteiger partial charge is 0.265 e. The highest BCUT2D eigenvalue weighted by Gasteiger charge is 1.98. The Bertz CT molecular complexity index is 729. The van der Waals surface area contributed by atoms with Gasteiger partial charge in [0.2, 0.25) is 0 Å². The highest BCUT2D eigenvalue weighted by atomic mass is 14.6. The van der Waals surface area contributed by atoms with Crippen LogP contribution in [0.4, 0.5) is 0 Å². The van der Waals surface area contributed by atoms with Crippen molar-refractivity contribution in [2.45, 2.75) is 0 Å². The maximum atomic E-state index is 4.41. The van der Waals surface area contributed by atoms with Gasteiger partial charge >= 0.3 is 0 Å². The number of hydrogen-bond acceptors (Lipinski definition) is 2. The monoisotopic (exact) mass is 258 g/mol. The van der Waals surface area contributed by atoms with Crippen LogP contribution < -0.4 is 0 Å². The van der Waals surface area contributed by atoms with Crippen LogP contribution in [0.15, 0.2) is 85.3 Å². The fourth-order valence-corrected chi connectivity index (χ4v) is 2.13. The zero-order valence-electron chi connectivity index (χ0n) is 11.0. The zero-order chi connectivity index (χ0) is 13.6. The first-order chi connectivity index (χ1) is 9.95. The Morgan fingerprint density at radius 3 is 2.05 bits per heavy atom. The number of aromatic nitrogens is 2. The molecule has 2 heteroatoms. The molecule has 0 atom stereocenters. The van der Waals surface area contributed by atoms with Crippen LogP contribution in [0, 0.1) is 0 Å². The van der Waals surface area contributed by atoms with Gasteiger partial charge in [-0.1, -0.05) is 48.5 Å². The van der Waals surface area contributed by atoms with Gasteiger partial charge in [0.15, 0.2) is 0 Å². The molecule has 2 aromatic carbocycles. The molecule has 0 aliphatic carbocycles. The molecule has 96 valence electrons. The summed E-state index contributed by atoms with van der Waals surface area (Å²) in [5.41, 5.74) is 1.09. The van der Waals surface area contributed by atoms with Crippen LogP contribution in [0.5, 0.6) is 0 Å². The second-order valence-electron chi connectivity index (χ2n) is 4.39. The number of fused-ring (bicyclic) bond motifs is 3. The quantitative estimate of drug-likeness (QED) is 0.435. The van der Waals surface area contributed by atoms with Crippen molar-refractivity contribution in [1.29, 1.82) is 0 Å². The fourth-order valence-electron chi connectivity index (χ4n) is 2.13. The van der Waals surface area contributed by atoms with E-state index in [1.54, 1.807) is 12.4 Å². The normalized spacial score (nSPS) is 10.0. The van der Waals surface area contributed by atoms with Crippen molar-refractivity contribution in [3.8, 4) is 0 Å². The van der Waals surface area contributed by atoms with E-state index in [-0.39, 0.29) is 0 Å². The number of rotatable bonds is 0. The summed E-state index contributed by atoms with van der Waals surface area (Å²) >= 11 is 0. The lowest BCUT2D eigenvalue weighted by Crippen LogP contribution is -1.79. The SMILES string of the molecule is c1ccc2c(c1)ccc1cccnc12.c1ccncc1. The molecule has 2 aromatic heterocycles. The first-order valence-electron chi connectivity index (χ1n) is 6.52. The third kappa shape index (κ3) is 2.64. The molecule has 0 spiro atoms. The van der Waals surface area contributed by atoms with E-state index in [2.05, 4.69) is 52.4 Å². The van der Waals surface area contributed by atoms with Crippen molar-refractivity contribution in [1.82, 2.24) is 9.97 Å². The van der Waals surface area contributed by atoms with Crippen LogP contribution in [-0.4, -0.2) is 9.97 Å². The molecular weight excluding hydrogens is 244 g/mol. The van der Waals surface area contributed by atoms with Crippen LogP contribution in [0.3, 0.4) is 0 Å². The molecule has 4 rings (SSSR count). The van der Waals surface area contributed by atoms with Gasteiger partial charge < -0.3 is 0 Å². The predicted molar refractivity (Wildman–Crippen MR) is 83.5 cm³/mol. The Labute approximate surface area is 117 Å². The molecule has 0 radical (unpaired) electrons. The van der Waals surface area contributed by atoms with Gasteiger partial charge in [-0.15, -0.1) is 0 Å². The van der Waals surface area contributed by atoms with Gasteiger partial charge in [-0.3, -0.25) is 9.97 Å². The minimum atomic E-state index is 1.09. The van der Waals surface area contributed by atoms with Gasteiger partial charge in [-0.2, -0.15) is 0 Å². The first-order valence-corrected chi connectivity index (χ1v) is 6.52.